The molecule has 0 amide bonds. The molecule has 2 unspecified atom stereocenters. The first kappa shape index (κ1) is 16.3. The molecule has 1 N–H and O–H groups in total. The molecule has 1 aliphatic heterocycles. The first-order chi connectivity index (χ1) is 10.3. The van der Waals surface area contributed by atoms with Gasteiger partial charge in [-0.1, -0.05) is 25.1 Å². The molecular formula is C18H29NO2. The van der Waals surface area contributed by atoms with Gasteiger partial charge in [-0.2, -0.15) is 0 Å². The standard InChI is InChI=1S/C18H29NO2/c1-3-19-14-15(10-11-17-8-6-12-21-17)13-16-7-4-5-9-18(16)20-2/h4-5,7,9,15,17,19H,3,6,8,10-14H2,1-2H3. The fourth-order valence-corrected chi connectivity index (χ4v) is 3.10. The molecule has 1 fully saturated rings. The van der Waals surface area contributed by atoms with Crippen LogP contribution < -0.4 is 10.1 Å². The normalized spacial score (nSPS) is 19.6. The Hall–Kier alpha value is -1.06. The average molecular weight is 291 g/mol. The van der Waals surface area contributed by atoms with Gasteiger partial charge < -0.3 is 14.8 Å². The van der Waals surface area contributed by atoms with Crippen LogP contribution in [-0.2, 0) is 11.2 Å². The lowest BCUT2D eigenvalue weighted by molar-refractivity contribution is 0.0979. The van der Waals surface area contributed by atoms with Crippen molar-refractivity contribution in [1.82, 2.24) is 5.32 Å². The average Bonchev–Trinajstić information content (AvgIpc) is 3.04. The first-order valence-electron chi connectivity index (χ1n) is 8.27. The molecule has 1 saturated heterocycles. The molecule has 0 saturated carbocycles. The highest BCUT2D eigenvalue weighted by Gasteiger charge is 2.19. The summed E-state index contributed by atoms with van der Waals surface area (Å²) in [6.07, 6.45) is 6.44. The number of benzene rings is 1. The summed E-state index contributed by atoms with van der Waals surface area (Å²) >= 11 is 0. The molecule has 0 radical (unpaired) electrons. The Kier molecular flexibility index (Phi) is 7.04. The number of hydrogen-bond donors (Lipinski definition) is 1. The van der Waals surface area contributed by atoms with Crippen LogP contribution in [0.25, 0.3) is 0 Å². The fraction of sp³-hybridized carbons (Fsp3) is 0.667. The van der Waals surface area contributed by atoms with Crippen LogP contribution in [0.1, 0.15) is 38.2 Å². The van der Waals surface area contributed by atoms with Crippen LogP contribution in [0.4, 0.5) is 0 Å². The molecule has 118 valence electrons. The lowest BCUT2D eigenvalue weighted by Crippen LogP contribution is -2.25. The van der Waals surface area contributed by atoms with Gasteiger partial charge in [0.15, 0.2) is 0 Å². The summed E-state index contributed by atoms with van der Waals surface area (Å²) in [6, 6.07) is 8.37. The second-order valence-corrected chi connectivity index (χ2v) is 5.90. The Labute approximate surface area is 129 Å². The molecule has 3 nitrogen and oxygen atoms in total. The fourth-order valence-electron chi connectivity index (χ4n) is 3.10. The highest BCUT2D eigenvalue weighted by atomic mass is 16.5. The number of para-hydroxylation sites is 1. The highest BCUT2D eigenvalue weighted by Crippen LogP contribution is 2.25. The van der Waals surface area contributed by atoms with Crippen LogP contribution in [0.15, 0.2) is 24.3 Å². The third-order valence-electron chi connectivity index (χ3n) is 4.31. The van der Waals surface area contributed by atoms with Gasteiger partial charge in [-0.15, -0.1) is 0 Å². The van der Waals surface area contributed by atoms with Crippen LogP contribution >= 0.6 is 0 Å². The van der Waals surface area contributed by atoms with E-state index >= 15 is 0 Å². The van der Waals surface area contributed by atoms with Crippen molar-refractivity contribution >= 4 is 0 Å². The van der Waals surface area contributed by atoms with Crippen LogP contribution in [-0.4, -0.2) is 32.9 Å². The van der Waals surface area contributed by atoms with E-state index in [0.29, 0.717) is 12.0 Å². The van der Waals surface area contributed by atoms with Gasteiger partial charge in [0.25, 0.3) is 0 Å². The zero-order valence-corrected chi connectivity index (χ0v) is 13.4. The predicted octanol–water partition coefficient (Wildman–Crippen LogP) is 3.42. The molecular weight excluding hydrogens is 262 g/mol. The quantitative estimate of drug-likeness (QED) is 0.756. The molecule has 0 aromatic heterocycles. The minimum absolute atomic E-state index is 0.492. The van der Waals surface area contributed by atoms with Gasteiger partial charge in [0.2, 0.25) is 0 Å². The predicted molar refractivity (Wildman–Crippen MR) is 86.9 cm³/mol. The van der Waals surface area contributed by atoms with Crippen LogP contribution in [0.2, 0.25) is 0 Å². The summed E-state index contributed by atoms with van der Waals surface area (Å²) in [5.74, 6) is 1.65. The van der Waals surface area contributed by atoms with Crippen molar-refractivity contribution in [2.24, 2.45) is 5.92 Å². The van der Waals surface area contributed by atoms with E-state index in [1.165, 1.54) is 31.2 Å². The van der Waals surface area contributed by atoms with Crippen LogP contribution in [0.3, 0.4) is 0 Å². The molecule has 1 aromatic rings. The summed E-state index contributed by atoms with van der Waals surface area (Å²) in [7, 11) is 1.75. The number of rotatable bonds is 9. The Bertz CT molecular complexity index is 402. The van der Waals surface area contributed by atoms with Gasteiger partial charge in [-0.05, 0) is 62.7 Å². The van der Waals surface area contributed by atoms with E-state index in [2.05, 4.69) is 30.4 Å². The van der Waals surface area contributed by atoms with Crippen molar-refractivity contribution in [3.8, 4) is 5.75 Å². The maximum atomic E-state index is 5.76. The highest BCUT2D eigenvalue weighted by molar-refractivity contribution is 5.33. The third kappa shape index (κ3) is 5.33. The maximum absolute atomic E-state index is 5.76. The summed E-state index contributed by atoms with van der Waals surface area (Å²) in [6.45, 7) is 5.22. The van der Waals surface area contributed by atoms with E-state index in [9.17, 15) is 0 Å². The maximum Gasteiger partial charge on any atom is 0.122 e. The molecule has 1 aromatic carbocycles. The minimum atomic E-state index is 0.492. The first-order valence-corrected chi connectivity index (χ1v) is 8.27. The molecule has 1 aliphatic rings. The summed E-state index contributed by atoms with van der Waals surface area (Å²) in [5, 5.41) is 3.50. The Balaban J connectivity index is 1.90. The molecule has 1 heterocycles. The molecule has 2 rings (SSSR count). The van der Waals surface area contributed by atoms with E-state index in [1.54, 1.807) is 7.11 Å². The third-order valence-corrected chi connectivity index (χ3v) is 4.31. The van der Waals surface area contributed by atoms with Gasteiger partial charge in [0, 0.05) is 6.61 Å². The van der Waals surface area contributed by atoms with Gasteiger partial charge >= 0.3 is 0 Å². The molecule has 0 aliphatic carbocycles. The van der Waals surface area contributed by atoms with Gasteiger partial charge in [-0.3, -0.25) is 0 Å². The molecule has 3 heteroatoms. The molecule has 21 heavy (non-hydrogen) atoms. The lowest BCUT2D eigenvalue weighted by atomic mass is 9.92. The summed E-state index contributed by atoms with van der Waals surface area (Å²) in [5.41, 5.74) is 1.32. The van der Waals surface area contributed by atoms with E-state index in [0.717, 1.165) is 31.9 Å². The molecule has 0 spiro atoms. The number of methoxy groups -OCH3 is 1. The zero-order valence-electron chi connectivity index (χ0n) is 13.4. The number of ether oxygens (including phenoxy) is 2. The van der Waals surface area contributed by atoms with Crippen molar-refractivity contribution in [3.63, 3.8) is 0 Å². The van der Waals surface area contributed by atoms with Crippen molar-refractivity contribution in [1.29, 1.82) is 0 Å². The molecule has 2 atom stereocenters. The van der Waals surface area contributed by atoms with Crippen molar-refractivity contribution in [3.05, 3.63) is 29.8 Å². The SMILES string of the molecule is CCNCC(CCC1CCCO1)Cc1ccccc1OC. The van der Waals surface area contributed by atoms with Gasteiger partial charge in [0.1, 0.15) is 5.75 Å². The van der Waals surface area contributed by atoms with Crippen LogP contribution in [0, 0.1) is 5.92 Å². The zero-order chi connectivity index (χ0) is 14.9. The number of nitrogens with one attached hydrogen (secondary N) is 1. The topological polar surface area (TPSA) is 30.5 Å². The van der Waals surface area contributed by atoms with Gasteiger partial charge in [0.05, 0.1) is 13.2 Å². The summed E-state index contributed by atoms with van der Waals surface area (Å²) < 4.78 is 11.2. The molecule has 0 bridgehead atoms. The largest absolute Gasteiger partial charge is 0.496 e. The smallest absolute Gasteiger partial charge is 0.122 e. The van der Waals surface area contributed by atoms with E-state index in [-0.39, 0.29) is 0 Å². The Morgan fingerprint density at radius 1 is 1.38 bits per heavy atom. The van der Waals surface area contributed by atoms with Crippen molar-refractivity contribution in [2.75, 3.05) is 26.8 Å². The summed E-state index contributed by atoms with van der Waals surface area (Å²) in [4.78, 5) is 0. The van der Waals surface area contributed by atoms with E-state index in [1.807, 2.05) is 6.07 Å². The van der Waals surface area contributed by atoms with Crippen LogP contribution in [0.5, 0.6) is 5.75 Å². The Morgan fingerprint density at radius 3 is 2.95 bits per heavy atom. The van der Waals surface area contributed by atoms with Crippen molar-refractivity contribution in [2.45, 2.75) is 45.1 Å². The monoisotopic (exact) mass is 291 g/mol. The number of hydrogen-bond acceptors (Lipinski definition) is 3. The second kappa shape index (κ2) is 9.06. The second-order valence-electron chi connectivity index (χ2n) is 5.90. The van der Waals surface area contributed by atoms with Crippen molar-refractivity contribution < 1.29 is 9.47 Å². The van der Waals surface area contributed by atoms with Gasteiger partial charge in [-0.25, -0.2) is 0 Å². The van der Waals surface area contributed by atoms with E-state index in [4.69, 9.17) is 9.47 Å². The van der Waals surface area contributed by atoms with E-state index < -0.39 is 0 Å². The minimum Gasteiger partial charge on any atom is -0.496 e. The Morgan fingerprint density at radius 2 is 2.24 bits per heavy atom. The lowest BCUT2D eigenvalue weighted by Gasteiger charge is -2.20.